The number of unbranched alkanes of at least 4 members (excludes halogenated alkanes) is 1. The Balaban J connectivity index is 1.60. The Morgan fingerprint density at radius 2 is 1.83 bits per heavy atom. The highest BCUT2D eigenvalue weighted by molar-refractivity contribution is 7.09. The number of halogens is 1. The molecule has 0 aliphatic carbocycles. The fourth-order valence-electron chi connectivity index (χ4n) is 2.98. The van der Waals surface area contributed by atoms with Crippen molar-refractivity contribution in [3.05, 3.63) is 70.4 Å². The Morgan fingerprint density at radius 1 is 1.07 bits per heavy atom. The van der Waals surface area contributed by atoms with Gasteiger partial charge in [-0.3, -0.25) is 4.79 Å². The molecule has 152 valence electrons. The quantitative estimate of drug-likeness (QED) is 0.432. The van der Waals surface area contributed by atoms with Crippen LogP contribution in [0.3, 0.4) is 0 Å². The molecule has 0 spiro atoms. The Morgan fingerprint density at radius 3 is 2.62 bits per heavy atom. The van der Waals surface area contributed by atoms with E-state index in [2.05, 4.69) is 22.5 Å². The zero-order valence-corrected chi connectivity index (χ0v) is 17.4. The van der Waals surface area contributed by atoms with E-state index < -0.39 is 0 Å². The van der Waals surface area contributed by atoms with Crippen LogP contribution in [0.25, 0.3) is 11.1 Å². The number of nitrogens with one attached hydrogen (secondary N) is 2. The van der Waals surface area contributed by atoms with Crippen LogP contribution in [0.15, 0.2) is 53.9 Å². The second-order valence-corrected chi connectivity index (χ2v) is 7.78. The lowest BCUT2D eigenvalue weighted by Crippen LogP contribution is -2.17. The fraction of sp³-hybridized carbons (Fsp3) is 0.304. The first-order valence-electron chi connectivity index (χ1n) is 9.99. The largest absolute Gasteiger partial charge is 0.320 e. The maximum atomic E-state index is 13.2. The minimum atomic E-state index is -0.286. The van der Waals surface area contributed by atoms with Crippen LogP contribution in [0.4, 0.5) is 10.1 Å². The fourth-order valence-corrected chi connectivity index (χ4v) is 3.80. The highest BCUT2D eigenvalue weighted by Gasteiger charge is 2.13. The number of amides is 1. The molecular weight excluding hydrogens is 385 g/mol. The molecule has 0 bridgehead atoms. The molecule has 0 saturated carbocycles. The molecule has 1 heterocycles. The molecule has 3 aromatic rings. The van der Waals surface area contributed by atoms with Crippen molar-refractivity contribution in [3.8, 4) is 11.1 Å². The summed E-state index contributed by atoms with van der Waals surface area (Å²) in [5.74, 6) is -0.519. The second kappa shape index (κ2) is 10.8. The predicted octanol–water partition coefficient (Wildman–Crippen LogP) is 5.52. The molecular formula is C23H26FN3OS. The van der Waals surface area contributed by atoms with Gasteiger partial charge in [0.25, 0.3) is 5.91 Å². The van der Waals surface area contributed by atoms with Gasteiger partial charge < -0.3 is 10.6 Å². The molecule has 6 heteroatoms. The highest BCUT2D eigenvalue weighted by Crippen LogP contribution is 2.28. The number of anilines is 1. The molecule has 29 heavy (non-hydrogen) atoms. The van der Waals surface area contributed by atoms with Crippen LogP contribution >= 0.6 is 11.3 Å². The van der Waals surface area contributed by atoms with Crippen LogP contribution in [0, 0.1) is 5.82 Å². The van der Waals surface area contributed by atoms with Gasteiger partial charge in [0.2, 0.25) is 0 Å². The maximum absolute atomic E-state index is 13.2. The summed E-state index contributed by atoms with van der Waals surface area (Å²) >= 11 is 1.52. The summed E-state index contributed by atoms with van der Waals surface area (Å²) in [5.41, 5.74) is 2.79. The van der Waals surface area contributed by atoms with E-state index >= 15 is 0 Å². The van der Waals surface area contributed by atoms with Crippen molar-refractivity contribution in [1.29, 1.82) is 0 Å². The summed E-state index contributed by atoms with van der Waals surface area (Å²) in [6, 6.07) is 13.7. The van der Waals surface area contributed by atoms with Crippen molar-refractivity contribution >= 4 is 22.9 Å². The van der Waals surface area contributed by atoms with Crippen LogP contribution < -0.4 is 10.6 Å². The summed E-state index contributed by atoms with van der Waals surface area (Å²) in [6.45, 7) is 4.20. The molecule has 0 fully saturated rings. The second-order valence-electron chi connectivity index (χ2n) is 6.84. The molecule has 0 aliphatic rings. The Labute approximate surface area is 175 Å². The number of carbonyl (C=O) groups is 1. The molecule has 1 amide bonds. The van der Waals surface area contributed by atoms with Crippen LogP contribution in [-0.4, -0.2) is 24.0 Å². The summed E-state index contributed by atoms with van der Waals surface area (Å²) in [5, 5.41) is 9.13. The molecule has 3 rings (SSSR count). The van der Waals surface area contributed by atoms with Gasteiger partial charge in [-0.15, -0.1) is 11.3 Å². The third-order valence-corrected chi connectivity index (χ3v) is 5.47. The standard InChI is InChI=1S/C23H26FN3OS/c1-2-3-14-25-15-6-9-22-26-21(16-29-22)23(28)27-20-8-5-4-7-19(20)17-10-12-18(24)13-11-17/h4-5,7-8,10-13,16,25H,2-3,6,9,14-15H2,1H3,(H,27,28). The maximum Gasteiger partial charge on any atom is 0.275 e. The van der Waals surface area contributed by atoms with Gasteiger partial charge in [-0.05, 0) is 49.7 Å². The van der Waals surface area contributed by atoms with Crippen LogP contribution in [0.1, 0.15) is 41.7 Å². The van der Waals surface area contributed by atoms with E-state index in [-0.39, 0.29) is 11.7 Å². The van der Waals surface area contributed by atoms with E-state index in [1.54, 1.807) is 17.5 Å². The van der Waals surface area contributed by atoms with Crippen molar-refractivity contribution in [2.45, 2.75) is 32.6 Å². The monoisotopic (exact) mass is 411 g/mol. The number of thiazole rings is 1. The third-order valence-electron chi connectivity index (χ3n) is 4.57. The SMILES string of the molecule is CCCCNCCCc1nc(C(=O)Nc2ccccc2-c2ccc(F)cc2)cs1. The van der Waals surface area contributed by atoms with E-state index in [0.717, 1.165) is 42.1 Å². The first kappa shape index (κ1) is 21.1. The Bertz CT molecular complexity index is 924. The lowest BCUT2D eigenvalue weighted by atomic mass is 10.0. The third kappa shape index (κ3) is 6.21. The van der Waals surface area contributed by atoms with E-state index in [1.165, 1.54) is 36.3 Å². The van der Waals surface area contributed by atoms with Gasteiger partial charge in [0.15, 0.2) is 0 Å². The molecule has 0 atom stereocenters. The van der Waals surface area contributed by atoms with Crippen LogP contribution in [0.5, 0.6) is 0 Å². The first-order chi connectivity index (χ1) is 14.2. The van der Waals surface area contributed by atoms with Crippen molar-refractivity contribution in [2.24, 2.45) is 0 Å². The molecule has 0 unspecified atom stereocenters. The van der Waals surface area contributed by atoms with E-state index in [4.69, 9.17) is 0 Å². The number of aryl methyl sites for hydroxylation is 1. The number of aromatic nitrogens is 1. The summed E-state index contributed by atoms with van der Waals surface area (Å²) in [6.07, 6.45) is 4.26. The molecule has 0 saturated heterocycles. The van der Waals surface area contributed by atoms with E-state index in [1.807, 2.05) is 24.3 Å². The molecule has 1 aromatic heterocycles. The number of carbonyl (C=O) groups excluding carboxylic acids is 1. The van der Waals surface area contributed by atoms with Crippen molar-refractivity contribution < 1.29 is 9.18 Å². The predicted molar refractivity (Wildman–Crippen MR) is 118 cm³/mol. The normalized spacial score (nSPS) is 10.8. The van der Waals surface area contributed by atoms with Gasteiger partial charge in [0.05, 0.1) is 5.01 Å². The van der Waals surface area contributed by atoms with E-state index in [9.17, 15) is 9.18 Å². The van der Waals surface area contributed by atoms with Crippen LogP contribution in [0.2, 0.25) is 0 Å². The number of benzene rings is 2. The lowest BCUT2D eigenvalue weighted by molar-refractivity contribution is 0.102. The molecule has 2 N–H and O–H groups in total. The van der Waals surface area contributed by atoms with Crippen molar-refractivity contribution in [2.75, 3.05) is 18.4 Å². The number of hydrogen-bond donors (Lipinski definition) is 2. The Hall–Kier alpha value is -2.57. The van der Waals surface area contributed by atoms with Crippen molar-refractivity contribution in [1.82, 2.24) is 10.3 Å². The summed E-state index contributed by atoms with van der Waals surface area (Å²) in [4.78, 5) is 17.2. The van der Waals surface area contributed by atoms with Crippen LogP contribution in [-0.2, 0) is 6.42 Å². The van der Waals surface area contributed by atoms with Gasteiger partial charge in [-0.1, -0.05) is 43.7 Å². The van der Waals surface area contributed by atoms with E-state index in [0.29, 0.717) is 11.4 Å². The average molecular weight is 412 g/mol. The van der Waals surface area contributed by atoms with Gasteiger partial charge in [-0.25, -0.2) is 9.37 Å². The number of nitrogens with zero attached hydrogens (tertiary/aromatic N) is 1. The smallest absolute Gasteiger partial charge is 0.275 e. The van der Waals surface area contributed by atoms with Gasteiger partial charge in [0.1, 0.15) is 11.5 Å². The molecule has 4 nitrogen and oxygen atoms in total. The molecule has 0 radical (unpaired) electrons. The van der Waals surface area contributed by atoms with Crippen molar-refractivity contribution in [3.63, 3.8) is 0 Å². The lowest BCUT2D eigenvalue weighted by Gasteiger charge is -2.10. The number of hydrogen-bond acceptors (Lipinski definition) is 4. The molecule has 2 aromatic carbocycles. The summed E-state index contributed by atoms with van der Waals surface area (Å²) in [7, 11) is 0. The van der Waals surface area contributed by atoms with Gasteiger partial charge in [0, 0.05) is 23.1 Å². The van der Waals surface area contributed by atoms with Gasteiger partial charge in [-0.2, -0.15) is 0 Å². The van der Waals surface area contributed by atoms with Gasteiger partial charge >= 0.3 is 0 Å². The molecule has 0 aliphatic heterocycles. The topological polar surface area (TPSA) is 54.0 Å². The minimum Gasteiger partial charge on any atom is -0.320 e. The average Bonchev–Trinajstić information content (AvgIpc) is 3.21. The zero-order chi connectivity index (χ0) is 20.5. The minimum absolute atomic E-state index is 0.233. The zero-order valence-electron chi connectivity index (χ0n) is 16.6. The Kier molecular flexibility index (Phi) is 7.90. The number of rotatable bonds is 10. The highest BCUT2D eigenvalue weighted by atomic mass is 32.1. The number of para-hydroxylation sites is 1. The summed E-state index contributed by atoms with van der Waals surface area (Å²) < 4.78 is 13.2. The first-order valence-corrected chi connectivity index (χ1v) is 10.9.